The number of allylic oxidation sites excluding steroid dienone is 2. The Labute approximate surface area is 60.7 Å². The number of rotatable bonds is 4. The third-order valence-electron chi connectivity index (χ3n) is 1.32. The van der Waals surface area contributed by atoms with Crippen molar-refractivity contribution in [1.82, 2.24) is 5.32 Å². The lowest BCUT2D eigenvalue weighted by molar-refractivity contribution is 0.366. The van der Waals surface area contributed by atoms with Crippen LogP contribution in [0.1, 0.15) is 26.7 Å². The first-order chi connectivity index (χ1) is 4.76. The van der Waals surface area contributed by atoms with Gasteiger partial charge in [0.05, 0.1) is 5.70 Å². The van der Waals surface area contributed by atoms with Gasteiger partial charge in [0.2, 0.25) is 0 Å². The van der Waals surface area contributed by atoms with E-state index in [-0.39, 0.29) is 5.76 Å². The van der Waals surface area contributed by atoms with Gasteiger partial charge in [-0.3, -0.25) is 0 Å². The summed E-state index contributed by atoms with van der Waals surface area (Å²) in [5.41, 5.74) is 0.602. The predicted octanol–water partition coefficient (Wildman–Crippen LogP) is 2.09. The molecule has 0 aromatic carbocycles. The molecular weight excluding hydrogens is 133 g/mol. The smallest absolute Gasteiger partial charge is 0.159 e. The fourth-order valence-corrected chi connectivity index (χ4v) is 0.725. The van der Waals surface area contributed by atoms with Crippen LogP contribution in [0.2, 0.25) is 0 Å². The molecule has 0 aromatic rings. The highest BCUT2D eigenvalue weighted by molar-refractivity contribution is 5.03. The molecule has 0 unspecified atom stereocenters. The van der Waals surface area contributed by atoms with Crippen LogP contribution in [-0.2, 0) is 0 Å². The molecule has 0 aliphatic heterocycles. The van der Waals surface area contributed by atoms with Crippen molar-refractivity contribution in [2.45, 2.75) is 26.7 Å². The molecule has 60 valence electrons. The summed E-state index contributed by atoms with van der Waals surface area (Å²) in [6, 6.07) is 0. The lowest BCUT2D eigenvalue weighted by Gasteiger charge is -2.06. The van der Waals surface area contributed by atoms with Crippen LogP contribution in [-0.4, -0.2) is 11.9 Å². The Morgan fingerprint density at radius 3 is 2.30 bits per heavy atom. The molecule has 0 atom stereocenters. The van der Waals surface area contributed by atoms with Crippen molar-refractivity contribution >= 4 is 0 Å². The van der Waals surface area contributed by atoms with Gasteiger partial charge in [-0.2, -0.15) is 0 Å². The Balaban J connectivity index is 4.00. The van der Waals surface area contributed by atoms with E-state index in [1.54, 1.807) is 0 Å². The van der Waals surface area contributed by atoms with Crippen molar-refractivity contribution in [3.8, 4) is 0 Å². The lowest BCUT2D eigenvalue weighted by Crippen LogP contribution is -2.12. The second kappa shape index (κ2) is 5.09. The first-order valence-electron chi connectivity index (χ1n) is 3.47. The van der Waals surface area contributed by atoms with Gasteiger partial charge in [0.15, 0.2) is 6.80 Å². The lowest BCUT2D eigenvalue weighted by atomic mass is 10.2. The highest BCUT2D eigenvalue weighted by atomic mass is 19.1. The molecule has 0 saturated heterocycles. The average molecular weight is 147 g/mol. The zero-order valence-electron chi connectivity index (χ0n) is 6.45. The monoisotopic (exact) mass is 147 g/mol. The topological polar surface area (TPSA) is 32.3 Å². The van der Waals surface area contributed by atoms with Gasteiger partial charge in [-0.25, -0.2) is 4.39 Å². The van der Waals surface area contributed by atoms with Crippen LogP contribution in [0.3, 0.4) is 0 Å². The van der Waals surface area contributed by atoms with E-state index in [1.165, 1.54) is 0 Å². The quantitative estimate of drug-likeness (QED) is 0.471. The summed E-state index contributed by atoms with van der Waals surface area (Å²) in [4.78, 5) is 0. The Bertz CT molecular complexity index is 123. The first-order valence-corrected chi connectivity index (χ1v) is 3.47. The second-order valence-corrected chi connectivity index (χ2v) is 1.94. The minimum atomic E-state index is -0.618. The van der Waals surface area contributed by atoms with Gasteiger partial charge < -0.3 is 10.4 Å². The molecule has 0 saturated carbocycles. The standard InChI is InChI=1S/C7H14FNO/c1-3-6(9-5-8)7(10)4-2/h9-10H,3-5H2,1-2H3/b7-6-. The van der Waals surface area contributed by atoms with Crippen LogP contribution in [0.25, 0.3) is 0 Å². The van der Waals surface area contributed by atoms with Gasteiger partial charge in [-0.1, -0.05) is 13.8 Å². The van der Waals surface area contributed by atoms with Gasteiger partial charge in [-0.15, -0.1) is 0 Å². The molecular formula is C7H14FNO. The summed E-state index contributed by atoms with van der Waals surface area (Å²) in [7, 11) is 0. The van der Waals surface area contributed by atoms with Crippen LogP contribution in [0, 0.1) is 0 Å². The van der Waals surface area contributed by atoms with E-state index in [9.17, 15) is 4.39 Å². The summed E-state index contributed by atoms with van der Waals surface area (Å²) in [6.45, 7) is 3.07. The molecule has 0 aliphatic carbocycles. The van der Waals surface area contributed by atoms with Crippen molar-refractivity contribution in [3.05, 3.63) is 11.5 Å². The molecule has 0 radical (unpaired) electrons. The zero-order chi connectivity index (χ0) is 7.98. The van der Waals surface area contributed by atoms with Crippen molar-refractivity contribution in [3.63, 3.8) is 0 Å². The normalized spacial score (nSPS) is 12.7. The van der Waals surface area contributed by atoms with Gasteiger partial charge in [0.25, 0.3) is 0 Å². The predicted molar refractivity (Wildman–Crippen MR) is 39.3 cm³/mol. The van der Waals surface area contributed by atoms with Gasteiger partial charge in [0.1, 0.15) is 5.76 Å². The molecule has 10 heavy (non-hydrogen) atoms. The SMILES string of the molecule is CC/C(O)=C(\CC)NCF. The highest BCUT2D eigenvalue weighted by Gasteiger charge is 1.98. The van der Waals surface area contributed by atoms with Crippen molar-refractivity contribution in [2.24, 2.45) is 0 Å². The summed E-state index contributed by atoms with van der Waals surface area (Å²) >= 11 is 0. The molecule has 0 spiro atoms. The molecule has 0 aromatic heterocycles. The Kier molecular flexibility index (Phi) is 4.72. The van der Waals surface area contributed by atoms with Crippen LogP contribution >= 0.6 is 0 Å². The van der Waals surface area contributed by atoms with E-state index in [2.05, 4.69) is 5.32 Å². The number of nitrogens with one attached hydrogen (secondary N) is 1. The molecule has 0 rings (SSSR count). The van der Waals surface area contributed by atoms with Gasteiger partial charge in [0, 0.05) is 6.42 Å². The van der Waals surface area contributed by atoms with E-state index in [1.807, 2.05) is 13.8 Å². The Morgan fingerprint density at radius 2 is 2.00 bits per heavy atom. The molecule has 0 fully saturated rings. The summed E-state index contributed by atoms with van der Waals surface area (Å²) in [6.07, 6.45) is 1.19. The molecule has 0 heterocycles. The van der Waals surface area contributed by atoms with Crippen LogP contribution in [0.4, 0.5) is 4.39 Å². The average Bonchev–Trinajstić information content (AvgIpc) is 1.99. The third kappa shape index (κ3) is 2.71. The number of halogens is 1. The fourth-order valence-electron chi connectivity index (χ4n) is 0.725. The van der Waals surface area contributed by atoms with Crippen molar-refractivity contribution < 1.29 is 9.50 Å². The minimum Gasteiger partial charge on any atom is -0.511 e. The first kappa shape index (κ1) is 9.27. The maximum absolute atomic E-state index is 11.7. The number of aliphatic hydroxyl groups is 1. The van der Waals surface area contributed by atoms with Crippen LogP contribution in [0.5, 0.6) is 0 Å². The van der Waals surface area contributed by atoms with Crippen molar-refractivity contribution in [2.75, 3.05) is 6.80 Å². The van der Waals surface area contributed by atoms with Gasteiger partial charge in [-0.05, 0) is 6.42 Å². The Hall–Kier alpha value is -0.730. The number of alkyl halides is 1. The van der Waals surface area contributed by atoms with E-state index in [4.69, 9.17) is 5.11 Å². The molecule has 3 heteroatoms. The summed E-state index contributed by atoms with van der Waals surface area (Å²) in [5, 5.41) is 11.5. The summed E-state index contributed by atoms with van der Waals surface area (Å²) in [5.74, 6) is 0.250. The van der Waals surface area contributed by atoms with Crippen molar-refractivity contribution in [1.29, 1.82) is 0 Å². The van der Waals surface area contributed by atoms with E-state index >= 15 is 0 Å². The molecule has 2 N–H and O–H groups in total. The zero-order valence-corrected chi connectivity index (χ0v) is 6.45. The highest BCUT2D eigenvalue weighted by Crippen LogP contribution is 2.05. The molecule has 0 amide bonds. The largest absolute Gasteiger partial charge is 0.511 e. The van der Waals surface area contributed by atoms with Gasteiger partial charge >= 0.3 is 0 Å². The minimum absolute atomic E-state index is 0.250. The van der Waals surface area contributed by atoms with E-state index in [0.717, 1.165) is 0 Å². The number of hydrogen-bond donors (Lipinski definition) is 2. The fraction of sp³-hybridized carbons (Fsp3) is 0.714. The number of aliphatic hydroxyl groups excluding tert-OH is 1. The van der Waals surface area contributed by atoms with Crippen LogP contribution < -0.4 is 5.32 Å². The van der Waals surface area contributed by atoms with E-state index < -0.39 is 6.80 Å². The third-order valence-corrected chi connectivity index (χ3v) is 1.32. The maximum Gasteiger partial charge on any atom is 0.159 e. The summed E-state index contributed by atoms with van der Waals surface area (Å²) < 4.78 is 11.7. The van der Waals surface area contributed by atoms with E-state index in [0.29, 0.717) is 18.5 Å². The molecule has 0 aliphatic rings. The second-order valence-electron chi connectivity index (χ2n) is 1.94. The molecule has 0 bridgehead atoms. The number of hydrogen-bond acceptors (Lipinski definition) is 2. The Morgan fingerprint density at radius 1 is 1.40 bits per heavy atom. The molecule has 2 nitrogen and oxygen atoms in total. The maximum atomic E-state index is 11.7. The van der Waals surface area contributed by atoms with Crippen LogP contribution in [0.15, 0.2) is 11.5 Å².